The molecule has 1 aliphatic heterocycles. The summed E-state index contributed by atoms with van der Waals surface area (Å²) in [6.45, 7) is 0.669. The average molecular weight is 240 g/mol. The van der Waals surface area contributed by atoms with Crippen LogP contribution in [0.15, 0.2) is 36.9 Å². The maximum Gasteiger partial charge on any atom is 0.199 e. The van der Waals surface area contributed by atoms with E-state index in [1.165, 1.54) is 18.7 Å². The van der Waals surface area contributed by atoms with Crippen LogP contribution in [-0.2, 0) is 6.42 Å². The third-order valence-corrected chi connectivity index (χ3v) is 3.00. The molecule has 4 nitrogen and oxygen atoms in total. The number of carbonyl (C=O) groups excluding carboxylic acids is 1. The van der Waals surface area contributed by atoms with E-state index in [-0.39, 0.29) is 5.78 Å². The number of ether oxygens (including phenoxy) is 1. The highest BCUT2D eigenvalue weighted by Gasteiger charge is 2.20. The van der Waals surface area contributed by atoms with Crippen molar-refractivity contribution in [2.45, 2.75) is 12.8 Å². The molecular weight excluding hydrogens is 228 g/mol. The summed E-state index contributed by atoms with van der Waals surface area (Å²) >= 11 is 0. The number of aryl methyl sites for hydroxylation is 1. The number of nitrogens with zero attached hydrogens (tertiary/aromatic N) is 2. The second-order valence-electron chi connectivity index (χ2n) is 4.20. The Hall–Kier alpha value is -2.23. The van der Waals surface area contributed by atoms with Gasteiger partial charge in [0.1, 0.15) is 12.1 Å². The molecule has 0 atom stereocenters. The highest BCUT2D eigenvalue weighted by Crippen LogP contribution is 2.30. The fourth-order valence-electron chi connectivity index (χ4n) is 2.14. The molecule has 1 aromatic carbocycles. The van der Waals surface area contributed by atoms with Crippen molar-refractivity contribution < 1.29 is 9.53 Å². The van der Waals surface area contributed by atoms with E-state index >= 15 is 0 Å². The van der Waals surface area contributed by atoms with Crippen LogP contribution >= 0.6 is 0 Å². The zero-order valence-corrected chi connectivity index (χ0v) is 9.80. The van der Waals surface area contributed by atoms with E-state index in [1.54, 1.807) is 6.07 Å². The molecule has 0 N–H and O–H groups in total. The van der Waals surface area contributed by atoms with Crippen molar-refractivity contribution >= 4 is 5.78 Å². The van der Waals surface area contributed by atoms with Crippen molar-refractivity contribution in [2.75, 3.05) is 6.61 Å². The third kappa shape index (κ3) is 1.86. The van der Waals surface area contributed by atoms with Gasteiger partial charge in [0.25, 0.3) is 0 Å². The van der Waals surface area contributed by atoms with E-state index in [1.807, 2.05) is 12.1 Å². The molecule has 2 heterocycles. The Balaban J connectivity index is 2.05. The van der Waals surface area contributed by atoms with Crippen LogP contribution in [0.25, 0.3) is 0 Å². The minimum atomic E-state index is -0.0886. The highest BCUT2D eigenvalue weighted by atomic mass is 16.5. The fraction of sp³-hybridized carbons (Fsp3) is 0.214. The minimum absolute atomic E-state index is 0.0886. The smallest absolute Gasteiger partial charge is 0.199 e. The number of benzene rings is 1. The Bertz CT molecular complexity index is 582. The summed E-state index contributed by atoms with van der Waals surface area (Å²) in [5, 5.41) is 0. The lowest BCUT2D eigenvalue weighted by atomic mass is 9.98. The maximum atomic E-state index is 12.4. The zero-order valence-electron chi connectivity index (χ0n) is 9.80. The molecule has 0 fully saturated rings. The summed E-state index contributed by atoms with van der Waals surface area (Å²) < 4.78 is 5.64. The van der Waals surface area contributed by atoms with Crippen LogP contribution < -0.4 is 4.74 Å². The summed E-state index contributed by atoms with van der Waals surface area (Å²) in [5.41, 5.74) is 2.19. The monoisotopic (exact) mass is 240 g/mol. The molecule has 0 saturated carbocycles. The summed E-state index contributed by atoms with van der Waals surface area (Å²) in [5.74, 6) is 0.631. The van der Waals surface area contributed by atoms with Crippen LogP contribution in [0.2, 0.25) is 0 Å². The van der Waals surface area contributed by atoms with Gasteiger partial charge in [-0.05, 0) is 24.5 Å². The quantitative estimate of drug-likeness (QED) is 0.754. The molecule has 0 radical (unpaired) electrons. The summed E-state index contributed by atoms with van der Waals surface area (Å²) in [6.07, 6.45) is 6.42. The first-order chi connectivity index (χ1) is 8.86. The molecule has 4 heteroatoms. The number of fused-ring (bicyclic) bond motifs is 1. The van der Waals surface area contributed by atoms with Gasteiger partial charge in [0.15, 0.2) is 5.78 Å². The average Bonchev–Trinajstić information content (AvgIpc) is 2.47. The SMILES string of the molecule is O=C(c1cncnc1)c1cccc2c1OCCC2. The van der Waals surface area contributed by atoms with Gasteiger partial charge in [-0.1, -0.05) is 12.1 Å². The number of aromatic nitrogens is 2. The van der Waals surface area contributed by atoms with Gasteiger partial charge in [-0.25, -0.2) is 9.97 Å². The van der Waals surface area contributed by atoms with E-state index in [2.05, 4.69) is 9.97 Å². The van der Waals surface area contributed by atoms with E-state index in [4.69, 9.17) is 4.74 Å². The van der Waals surface area contributed by atoms with Gasteiger partial charge in [0.05, 0.1) is 17.7 Å². The van der Waals surface area contributed by atoms with E-state index in [0.717, 1.165) is 24.2 Å². The lowest BCUT2D eigenvalue weighted by molar-refractivity contribution is 0.103. The first kappa shape index (κ1) is 10.9. The molecule has 90 valence electrons. The first-order valence-corrected chi connectivity index (χ1v) is 5.90. The molecule has 0 unspecified atom stereocenters. The summed E-state index contributed by atoms with van der Waals surface area (Å²) in [6, 6.07) is 5.69. The first-order valence-electron chi connectivity index (χ1n) is 5.90. The second kappa shape index (κ2) is 4.56. The molecule has 0 aliphatic carbocycles. The zero-order chi connectivity index (χ0) is 12.4. The van der Waals surface area contributed by atoms with Gasteiger partial charge in [-0.3, -0.25) is 4.79 Å². The number of rotatable bonds is 2. The van der Waals surface area contributed by atoms with Gasteiger partial charge in [0.2, 0.25) is 0 Å². The molecule has 0 bridgehead atoms. The van der Waals surface area contributed by atoms with Gasteiger partial charge in [-0.15, -0.1) is 0 Å². The molecule has 0 saturated heterocycles. The lowest BCUT2D eigenvalue weighted by Gasteiger charge is -2.19. The number of carbonyl (C=O) groups is 1. The predicted octanol–water partition coefficient (Wildman–Crippen LogP) is 2.03. The van der Waals surface area contributed by atoms with Gasteiger partial charge < -0.3 is 4.74 Å². The van der Waals surface area contributed by atoms with Crippen molar-refractivity contribution in [3.8, 4) is 5.75 Å². The third-order valence-electron chi connectivity index (χ3n) is 3.00. The Labute approximate surface area is 105 Å². The van der Waals surface area contributed by atoms with Crippen molar-refractivity contribution in [3.63, 3.8) is 0 Å². The van der Waals surface area contributed by atoms with Crippen LogP contribution in [0, 0.1) is 0 Å². The van der Waals surface area contributed by atoms with E-state index in [0.29, 0.717) is 17.7 Å². The number of hydrogen-bond donors (Lipinski definition) is 0. The van der Waals surface area contributed by atoms with Gasteiger partial charge in [-0.2, -0.15) is 0 Å². The molecule has 2 aromatic rings. The Morgan fingerprint density at radius 1 is 1.22 bits per heavy atom. The number of hydrogen-bond acceptors (Lipinski definition) is 4. The predicted molar refractivity (Wildman–Crippen MR) is 65.7 cm³/mol. The van der Waals surface area contributed by atoms with Crippen molar-refractivity contribution in [3.05, 3.63) is 53.6 Å². The van der Waals surface area contributed by atoms with Crippen molar-refractivity contribution in [1.29, 1.82) is 0 Å². The standard InChI is InChI=1S/C14H12N2O2/c17-13(11-7-15-9-16-8-11)12-5-1-3-10-4-2-6-18-14(10)12/h1,3,5,7-9H,2,4,6H2. The molecule has 18 heavy (non-hydrogen) atoms. The molecule has 3 rings (SSSR count). The summed E-state index contributed by atoms with van der Waals surface area (Å²) in [4.78, 5) is 20.1. The number of ketones is 1. The number of para-hydroxylation sites is 1. The topological polar surface area (TPSA) is 52.1 Å². The van der Waals surface area contributed by atoms with Crippen LogP contribution in [0.3, 0.4) is 0 Å². The second-order valence-corrected chi connectivity index (χ2v) is 4.20. The van der Waals surface area contributed by atoms with Crippen LogP contribution in [0.1, 0.15) is 27.9 Å². The van der Waals surface area contributed by atoms with Gasteiger partial charge >= 0.3 is 0 Å². The van der Waals surface area contributed by atoms with Crippen LogP contribution in [-0.4, -0.2) is 22.4 Å². The normalized spacial score (nSPS) is 13.6. The minimum Gasteiger partial charge on any atom is -0.493 e. The Kier molecular flexibility index (Phi) is 2.76. The Morgan fingerprint density at radius 2 is 2.06 bits per heavy atom. The molecular formula is C14H12N2O2. The molecule has 0 spiro atoms. The fourth-order valence-corrected chi connectivity index (χ4v) is 2.14. The van der Waals surface area contributed by atoms with Crippen molar-refractivity contribution in [1.82, 2.24) is 9.97 Å². The molecule has 1 aromatic heterocycles. The van der Waals surface area contributed by atoms with Crippen LogP contribution in [0.5, 0.6) is 5.75 Å². The van der Waals surface area contributed by atoms with Crippen LogP contribution in [0.4, 0.5) is 0 Å². The lowest BCUT2D eigenvalue weighted by Crippen LogP contribution is -2.13. The van der Waals surface area contributed by atoms with E-state index < -0.39 is 0 Å². The summed E-state index contributed by atoms with van der Waals surface area (Å²) in [7, 11) is 0. The van der Waals surface area contributed by atoms with Crippen molar-refractivity contribution in [2.24, 2.45) is 0 Å². The highest BCUT2D eigenvalue weighted by molar-refractivity contribution is 6.10. The Morgan fingerprint density at radius 3 is 2.89 bits per heavy atom. The molecule has 0 amide bonds. The van der Waals surface area contributed by atoms with E-state index in [9.17, 15) is 4.79 Å². The maximum absolute atomic E-state index is 12.4. The largest absolute Gasteiger partial charge is 0.493 e. The molecule has 1 aliphatic rings. The van der Waals surface area contributed by atoms with Gasteiger partial charge in [0, 0.05) is 12.4 Å².